The predicted molar refractivity (Wildman–Crippen MR) is 117 cm³/mol. The fourth-order valence-electron chi connectivity index (χ4n) is 3.72. The lowest BCUT2D eigenvalue weighted by Crippen LogP contribution is -2.14. The summed E-state index contributed by atoms with van der Waals surface area (Å²) in [5.74, 6) is 1.09. The summed E-state index contributed by atoms with van der Waals surface area (Å²) in [5, 5.41) is 0. The third-order valence-electron chi connectivity index (χ3n) is 5.14. The van der Waals surface area contributed by atoms with Gasteiger partial charge in [0.15, 0.2) is 0 Å². The zero-order valence-electron chi connectivity index (χ0n) is 18.0. The van der Waals surface area contributed by atoms with E-state index in [1.807, 2.05) is 18.2 Å². The maximum absolute atomic E-state index is 11.5. The van der Waals surface area contributed by atoms with E-state index in [1.165, 1.54) is 29.2 Å². The standard InChI is InChI=1S/C25H31NO3/c1-5-6-15-28-24-12-11-21(29-18(2)27)17-23(24)25-20(13-14-26(3)4)16-19-9-7-8-10-22(19)25/h7-12,17H,5-6,13-16H2,1-4H3. The lowest BCUT2D eigenvalue weighted by molar-refractivity contribution is -0.131. The number of carbonyl (C=O) groups excluding carboxylic acids is 1. The van der Waals surface area contributed by atoms with Crippen molar-refractivity contribution in [1.82, 2.24) is 4.90 Å². The molecule has 2 aromatic rings. The van der Waals surface area contributed by atoms with Crippen LogP contribution in [0.25, 0.3) is 5.57 Å². The molecule has 4 heteroatoms. The Bertz CT molecular complexity index is 899. The Morgan fingerprint density at radius 1 is 1.10 bits per heavy atom. The van der Waals surface area contributed by atoms with Crippen LogP contribution >= 0.6 is 0 Å². The molecule has 0 saturated heterocycles. The number of unbranched alkanes of at least 4 members (excludes halogenated alkanes) is 1. The Balaban J connectivity index is 2.08. The van der Waals surface area contributed by atoms with Crippen LogP contribution in [-0.4, -0.2) is 38.1 Å². The normalized spacial score (nSPS) is 13.0. The fraction of sp³-hybridized carbons (Fsp3) is 0.400. The first-order valence-corrected chi connectivity index (χ1v) is 10.4. The minimum absolute atomic E-state index is 0.316. The van der Waals surface area contributed by atoms with E-state index in [4.69, 9.17) is 9.47 Å². The van der Waals surface area contributed by atoms with Gasteiger partial charge in [-0.05, 0) is 68.3 Å². The number of hydrogen-bond donors (Lipinski definition) is 0. The van der Waals surface area contributed by atoms with E-state index >= 15 is 0 Å². The van der Waals surface area contributed by atoms with Gasteiger partial charge >= 0.3 is 5.97 Å². The molecular weight excluding hydrogens is 362 g/mol. The highest BCUT2D eigenvalue weighted by atomic mass is 16.5. The van der Waals surface area contributed by atoms with Crippen LogP contribution in [0.1, 0.15) is 49.8 Å². The van der Waals surface area contributed by atoms with E-state index in [0.717, 1.165) is 43.5 Å². The Morgan fingerprint density at radius 3 is 2.62 bits per heavy atom. The summed E-state index contributed by atoms with van der Waals surface area (Å²) in [5.41, 5.74) is 6.23. The van der Waals surface area contributed by atoms with E-state index in [0.29, 0.717) is 12.4 Å². The third-order valence-corrected chi connectivity index (χ3v) is 5.14. The number of hydrogen-bond acceptors (Lipinski definition) is 4. The van der Waals surface area contributed by atoms with Gasteiger partial charge in [-0.1, -0.05) is 43.2 Å². The molecule has 0 saturated carbocycles. The summed E-state index contributed by atoms with van der Waals surface area (Å²) in [6.45, 7) is 5.25. The van der Waals surface area contributed by atoms with Gasteiger partial charge in [-0.2, -0.15) is 0 Å². The SMILES string of the molecule is CCCCOc1ccc(OC(C)=O)cc1C1=C(CCN(C)C)Cc2ccccc21. The van der Waals surface area contributed by atoms with Crippen molar-refractivity contribution in [2.75, 3.05) is 27.2 Å². The average molecular weight is 394 g/mol. The molecule has 0 fully saturated rings. The maximum atomic E-state index is 11.5. The molecule has 0 aromatic heterocycles. The summed E-state index contributed by atoms with van der Waals surface area (Å²) < 4.78 is 11.5. The van der Waals surface area contributed by atoms with Crippen molar-refractivity contribution in [3.63, 3.8) is 0 Å². The number of benzene rings is 2. The first-order valence-electron chi connectivity index (χ1n) is 10.4. The van der Waals surface area contributed by atoms with E-state index in [1.54, 1.807) is 0 Å². The van der Waals surface area contributed by atoms with Gasteiger partial charge in [-0.3, -0.25) is 4.79 Å². The lowest BCUT2D eigenvalue weighted by atomic mass is 9.95. The molecule has 0 heterocycles. The van der Waals surface area contributed by atoms with Gasteiger partial charge in [0.25, 0.3) is 0 Å². The number of nitrogens with zero attached hydrogens (tertiary/aromatic N) is 1. The van der Waals surface area contributed by atoms with Gasteiger partial charge in [0.05, 0.1) is 6.61 Å². The van der Waals surface area contributed by atoms with E-state index < -0.39 is 0 Å². The van der Waals surface area contributed by atoms with Gasteiger partial charge in [-0.25, -0.2) is 0 Å². The highest BCUT2D eigenvalue weighted by molar-refractivity contribution is 5.90. The summed E-state index contributed by atoms with van der Waals surface area (Å²) in [7, 11) is 4.20. The molecule has 154 valence electrons. The summed E-state index contributed by atoms with van der Waals surface area (Å²) in [6, 6.07) is 14.3. The van der Waals surface area contributed by atoms with Gasteiger partial charge < -0.3 is 14.4 Å². The molecule has 1 aliphatic carbocycles. The largest absolute Gasteiger partial charge is 0.493 e. The molecule has 0 radical (unpaired) electrons. The average Bonchev–Trinajstić information content (AvgIpc) is 3.05. The number of ether oxygens (including phenoxy) is 2. The monoisotopic (exact) mass is 393 g/mol. The highest BCUT2D eigenvalue weighted by Crippen LogP contribution is 2.43. The van der Waals surface area contributed by atoms with Crippen molar-refractivity contribution >= 4 is 11.5 Å². The van der Waals surface area contributed by atoms with Crippen molar-refractivity contribution in [1.29, 1.82) is 0 Å². The molecule has 0 N–H and O–H groups in total. The maximum Gasteiger partial charge on any atom is 0.308 e. The molecule has 29 heavy (non-hydrogen) atoms. The molecule has 0 atom stereocenters. The third kappa shape index (κ3) is 5.27. The molecule has 0 bridgehead atoms. The van der Waals surface area contributed by atoms with Crippen LogP contribution in [0.3, 0.4) is 0 Å². The Hall–Kier alpha value is -2.59. The number of carbonyl (C=O) groups is 1. The van der Waals surface area contributed by atoms with Crippen LogP contribution < -0.4 is 9.47 Å². The zero-order chi connectivity index (χ0) is 20.8. The molecule has 0 spiro atoms. The van der Waals surface area contributed by atoms with E-state index in [-0.39, 0.29) is 5.97 Å². The van der Waals surface area contributed by atoms with Crippen molar-refractivity contribution in [3.8, 4) is 11.5 Å². The quantitative estimate of drug-likeness (QED) is 0.337. The summed E-state index contributed by atoms with van der Waals surface area (Å²) in [4.78, 5) is 13.7. The van der Waals surface area contributed by atoms with E-state index in [2.05, 4.69) is 50.2 Å². The molecule has 1 aliphatic rings. The molecule has 3 rings (SSSR count). The van der Waals surface area contributed by atoms with E-state index in [9.17, 15) is 4.79 Å². The second-order valence-corrected chi connectivity index (χ2v) is 7.82. The Morgan fingerprint density at radius 2 is 1.90 bits per heavy atom. The van der Waals surface area contributed by atoms with Crippen LogP contribution in [0.5, 0.6) is 11.5 Å². The smallest absolute Gasteiger partial charge is 0.308 e. The van der Waals surface area contributed by atoms with Gasteiger partial charge in [0.1, 0.15) is 11.5 Å². The second kappa shape index (κ2) is 9.75. The molecule has 0 unspecified atom stereocenters. The zero-order valence-corrected chi connectivity index (χ0v) is 18.0. The van der Waals surface area contributed by atoms with Crippen LogP contribution in [0, 0.1) is 0 Å². The number of fused-ring (bicyclic) bond motifs is 1. The molecule has 4 nitrogen and oxygen atoms in total. The summed E-state index contributed by atoms with van der Waals surface area (Å²) >= 11 is 0. The first kappa shape index (κ1) is 21.1. The fourth-order valence-corrected chi connectivity index (χ4v) is 3.72. The summed E-state index contributed by atoms with van der Waals surface area (Å²) in [6.07, 6.45) is 4.03. The van der Waals surface area contributed by atoms with Crippen LogP contribution in [-0.2, 0) is 11.2 Å². The van der Waals surface area contributed by atoms with Crippen molar-refractivity contribution in [2.45, 2.75) is 39.5 Å². The topological polar surface area (TPSA) is 38.8 Å². The predicted octanol–water partition coefficient (Wildman–Crippen LogP) is 5.10. The first-order chi connectivity index (χ1) is 14.0. The molecular formula is C25H31NO3. The number of esters is 1. The van der Waals surface area contributed by atoms with Crippen LogP contribution in [0.15, 0.2) is 48.0 Å². The van der Waals surface area contributed by atoms with Crippen LogP contribution in [0.4, 0.5) is 0 Å². The lowest BCUT2D eigenvalue weighted by Gasteiger charge is -2.17. The van der Waals surface area contributed by atoms with Crippen molar-refractivity contribution in [2.24, 2.45) is 0 Å². The molecule has 2 aromatic carbocycles. The van der Waals surface area contributed by atoms with Crippen LogP contribution in [0.2, 0.25) is 0 Å². The van der Waals surface area contributed by atoms with Gasteiger partial charge in [0, 0.05) is 19.0 Å². The van der Waals surface area contributed by atoms with Crippen molar-refractivity contribution in [3.05, 3.63) is 64.7 Å². The van der Waals surface area contributed by atoms with Gasteiger partial charge in [-0.15, -0.1) is 0 Å². The van der Waals surface area contributed by atoms with Gasteiger partial charge in [0.2, 0.25) is 0 Å². The Kier molecular flexibility index (Phi) is 7.10. The molecule has 0 amide bonds. The Labute approximate surface area is 174 Å². The molecule has 0 aliphatic heterocycles. The minimum atomic E-state index is -0.316. The number of rotatable bonds is 9. The second-order valence-electron chi connectivity index (χ2n) is 7.82. The minimum Gasteiger partial charge on any atom is -0.493 e. The van der Waals surface area contributed by atoms with Crippen molar-refractivity contribution < 1.29 is 14.3 Å². The highest BCUT2D eigenvalue weighted by Gasteiger charge is 2.25.